The van der Waals surface area contributed by atoms with Crippen molar-refractivity contribution in [2.45, 2.75) is 12.7 Å². The number of nitrogens with zero attached hydrogens (tertiary/aromatic N) is 1. The van der Waals surface area contributed by atoms with Crippen LogP contribution in [0.2, 0.25) is 0 Å². The van der Waals surface area contributed by atoms with Gasteiger partial charge in [0.25, 0.3) is 0 Å². The third-order valence-corrected chi connectivity index (χ3v) is 10.1. The Kier molecular flexibility index (Phi) is 12.9. The fraction of sp³-hybridized carbons (Fsp3) is 0.0488. The number of pyridine rings is 1. The zero-order chi connectivity index (χ0) is 49.2. The first-order chi connectivity index (χ1) is 30.7. The van der Waals surface area contributed by atoms with Crippen molar-refractivity contribution in [2.75, 3.05) is 0 Å². The van der Waals surface area contributed by atoms with E-state index in [0.29, 0.717) is 6.54 Å². The summed E-state index contributed by atoms with van der Waals surface area (Å²) >= 11 is 0. The zero-order valence-corrected chi connectivity index (χ0v) is 31.3. The SMILES string of the molecule is FC(F)(F)c1ccc(C[n+]2cccc3ccccc32)cc1.Fc1c(F)c(F)c([B-](c2c(F)c(F)c(F)c(F)c2F)(c2c(F)c(F)c(F)c(F)c2F)c2c(F)c(F)c(F)c(F)c2F)c(F)c1F. The highest BCUT2D eigenvalue weighted by Crippen LogP contribution is 2.32. The van der Waals surface area contributed by atoms with Crippen LogP contribution in [0.4, 0.5) is 101 Å². The number of fused-ring (bicyclic) bond motifs is 1. The first-order valence-electron chi connectivity index (χ1n) is 17.5. The predicted octanol–water partition coefficient (Wildman–Crippen LogP) is 10.0. The molecule has 346 valence electrons. The molecule has 0 N–H and O–H groups in total. The van der Waals surface area contributed by atoms with E-state index in [2.05, 4.69) is 0 Å². The molecule has 0 fully saturated rings. The van der Waals surface area contributed by atoms with E-state index in [1.165, 1.54) is 12.1 Å². The Bertz CT molecular complexity index is 2710. The van der Waals surface area contributed by atoms with Crippen LogP contribution in [0, 0.1) is 116 Å². The molecule has 0 aliphatic carbocycles. The van der Waals surface area contributed by atoms with E-state index in [0.717, 1.165) is 28.6 Å². The second-order valence-corrected chi connectivity index (χ2v) is 13.7. The van der Waals surface area contributed by atoms with Crippen molar-refractivity contribution in [1.82, 2.24) is 0 Å². The first-order valence-corrected chi connectivity index (χ1v) is 17.5. The number of hydrogen-bond acceptors (Lipinski definition) is 0. The van der Waals surface area contributed by atoms with Crippen molar-refractivity contribution in [2.24, 2.45) is 0 Å². The van der Waals surface area contributed by atoms with E-state index in [4.69, 9.17) is 0 Å². The van der Waals surface area contributed by atoms with Crippen molar-refractivity contribution in [1.29, 1.82) is 0 Å². The molecule has 1 heterocycles. The molecule has 0 radical (unpaired) electrons. The molecule has 0 atom stereocenters. The molecule has 25 heteroatoms. The van der Waals surface area contributed by atoms with Crippen LogP contribution in [0.15, 0.2) is 66.9 Å². The minimum absolute atomic E-state index is 0.541. The summed E-state index contributed by atoms with van der Waals surface area (Å²) in [4.78, 5) is 0. The Balaban J connectivity index is 0.000000284. The lowest BCUT2D eigenvalue weighted by atomic mass is 9.12. The minimum atomic E-state index is -7.22. The van der Waals surface area contributed by atoms with Crippen LogP contribution in [-0.4, -0.2) is 6.15 Å². The normalized spacial score (nSPS) is 11.9. The fourth-order valence-electron chi connectivity index (χ4n) is 7.23. The van der Waals surface area contributed by atoms with Crippen molar-refractivity contribution < 1.29 is 106 Å². The Morgan fingerprint density at radius 3 is 0.909 bits per heavy atom. The van der Waals surface area contributed by atoms with Gasteiger partial charge in [-0.1, -0.05) is 24.3 Å². The average molecular weight is 967 g/mol. The van der Waals surface area contributed by atoms with Gasteiger partial charge in [0.2, 0.25) is 5.52 Å². The summed E-state index contributed by atoms with van der Waals surface area (Å²) < 4.78 is 334. The van der Waals surface area contributed by atoms with E-state index < -0.39 is 156 Å². The van der Waals surface area contributed by atoms with Crippen LogP contribution in [0.5, 0.6) is 0 Å². The van der Waals surface area contributed by atoms with Gasteiger partial charge in [-0.3, -0.25) is 0 Å². The molecule has 0 saturated heterocycles. The van der Waals surface area contributed by atoms with Crippen LogP contribution < -0.4 is 26.4 Å². The quantitative estimate of drug-likeness (QED) is 0.0514. The molecule has 0 aliphatic rings. The summed E-state index contributed by atoms with van der Waals surface area (Å²) in [6, 6.07) is 17.2. The molecule has 66 heavy (non-hydrogen) atoms. The molecular formula is C41H13BF23N. The maximum Gasteiger partial charge on any atom is 0.416 e. The van der Waals surface area contributed by atoms with Gasteiger partial charge in [-0.15, -0.1) is 21.9 Å². The summed E-state index contributed by atoms with van der Waals surface area (Å²) in [7, 11) is 0. The highest BCUT2D eigenvalue weighted by Gasteiger charge is 2.52. The fourth-order valence-corrected chi connectivity index (χ4v) is 7.23. The van der Waals surface area contributed by atoms with Crippen LogP contribution in [0.3, 0.4) is 0 Å². The van der Waals surface area contributed by atoms with E-state index in [-0.39, 0.29) is 0 Å². The molecule has 0 spiro atoms. The van der Waals surface area contributed by atoms with Gasteiger partial charge in [-0.25, -0.2) is 87.8 Å². The maximum atomic E-state index is 15.4. The number of para-hydroxylation sites is 1. The molecule has 7 aromatic rings. The van der Waals surface area contributed by atoms with Gasteiger partial charge < -0.3 is 0 Å². The lowest BCUT2D eigenvalue weighted by molar-refractivity contribution is -0.662. The largest absolute Gasteiger partial charge is 0.416 e. The highest BCUT2D eigenvalue weighted by atomic mass is 19.4. The van der Waals surface area contributed by atoms with Crippen molar-refractivity contribution in [3.05, 3.63) is 194 Å². The summed E-state index contributed by atoms with van der Waals surface area (Å²) in [6.45, 7) is 0.541. The van der Waals surface area contributed by atoms with Crippen molar-refractivity contribution in [3.8, 4) is 0 Å². The number of alkyl halides is 3. The van der Waals surface area contributed by atoms with Crippen molar-refractivity contribution in [3.63, 3.8) is 0 Å². The van der Waals surface area contributed by atoms with Gasteiger partial charge in [-0.2, -0.15) is 17.7 Å². The Morgan fingerprint density at radius 2 is 0.606 bits per heavy atom. The monoisotopic (exact) mass is 967 g/mol. The summed E-state index contributed by atoms with van der Waals surface area (Å²) in [6.07, 6.45) is -9.57. The van der Waals surface area contributed by atoms with Crippen LogP contribution >= 0.6 is 0 Å². The number of benzene rings is 6. The predicted molar refractivity (Wildman–Crippen MR) is 184 cm³/mol. The maximum absolute atomic E-state index is 15.4. The minimum Gasteiger partial charge on any atom is -0.207 e. The Labute approximate surface area is 351 Å². The molecule has 0 bridgehead atoms. The first kappa shape index (κ1) is 48.6. The van der Waals surface area contributed by atoms with E-state index in [1.807, 2.05) is 47.2 Å². The highest BCUT2D eigenvalue weighted by molar-refractivity contribution is 7.20. The molecule has 0 amide bonds. The molecule has 7 rings (SSSR count). The molecule has 1 aromatic heterocycles. The number of rotatable bonds is 6. The standard InChI is InChI=1S/C24BF20.C17H13F3N/c26-5-1(6(27)14(35)21(42)13(5)34)25(2-7(28)15(36)22(43)16(37)8(2)29,3-9(30)17(38)23(44)18(39)10(3)31)4-11(32)19(40)24(45)20(41)12(4)33;18-17(19,20)15-9-7-13(8-10-15)12-21-11-3-5-14-4-1-2-6-16(14)21/h;1-11H,12H2/q-1;+1. The van der Waals surface area contributed by atoms with Gasteiger partial charge in [0.15, 0.2) is 82.5 Å². The van der Waals surface area contributed by atoms with Gasteiger partial charge in [-0.05, 0) is 24.3 Å². The summed E-state index contributed by atoms with van der Waals surface area (Å²) in [5.74, 6) is -71.4. The van der Waals surface area contributed by atoms with Gasteiger partial charge in [0.1, 0.15) is 52.7 Å². The second-order valence-electron chi connectivity index (χ2n) is 13.7. The topological polar surface area (TPSA) is 3.88 Å². The van der Waals surface area contributed by atoms with Crippen LogP contribution in [-0.2, 0) is 12.7 Å². The number of halogens is 23. The van der Waals surface area contributed by atoms with Gasteiger partial charge in [0, 0.05) is 23.1 Å². The summed E-state index contributed by atoms with van der Waals surface area (Å²) in [5.41, 5.74) is -13.1. The molecule has 1 nitrogen and oxygen atoms in total. The Morgan fingerprint density at radius 1 is 0.333 bits per heavy atom. The number of hydrogen-bond donors (Lipinski definition) is 0. The molecule has 6 aromatic carbocycles. The summed E-state index contributed by atoms with van der Waals surface area (Å²) in [5, 5.41) is 1.10. The van der Waals surface area contributed by atoms with E-state index in [9.17, 15) is 65.9 Å². The van der Waals surface area contributed by atoms with Crippen molar-refractivity contribution >= 4 is 38.9 Å². The second kappa shape index (κ2) is 17.5. The van der Waals surface area contributed by atoms with Crippen LogP contribution in [0.25, 0.3) is 10.9 Å². The zero-order valence-electron chi connectivity index (χ0n) is 31.3. The molecular weight excluding hydrogens is 954 g/mol. The molecule has 0 unspecified atom stereocenters. The number of aromatic nitrogens is 1. The van der Waals surface area contributed by atoms with Gasteiger partial charge in [0.05, 0.1) is 5.56 Å². The lowest BCUT2D eigenvalue weighted by Crippen LogP contribution is -2.81. The third kappa shape index (κ3) is 7.59. The van der Waals surface area contributed by atoms with E-state index >= 15 is 35.1 Å². The molecule has 0 saturated carbocycles. The average Bonchev–Trinajstić information content (AvgIpc) is 3.29. The smallest absolute Gasteiger partial charge is 0.207 e. The van der Waals surface area contributed by atoms with E-state index in [1.54, 1.807) is 0 Å². The molecule has 0 aliphatic heterocycles. The Hall–Kier alpha value is -6.82. The lowest BCUT2D eigenvalue weighted by Gasteiger charge is -2.44. The van der Waals surface area contributed by atoms with Gasteiger partial charge >= 0.3 is 6.18 Å². The van der Waals surface area contributed by atoms with Crippen LogP contribution in [0.1, 0.15) is 11.1 Å². The third-order valence-electron chi connectivity index (χ3n) is 10.1.